The maximum Gasteiger partial charge on any atom is 0.251 e. The predicted molar refractivity (Wildman–Crippen MR) is 98.1 cm³/mol. The molecule has 0 spiro atoms. The zero-order chi connectivity index (χ0) is 18.5. The molecule has 0 aliphatic rings. The molecule has 0 atom stereocenters. The molecule has 4 rings (SSSR count). The van der Waals surface area contributed by atoms with Gasteiger partial charge in [-0.2, -0.15) is 10.2 Å². The molecule has 3 aromatic heterocycles. The number of rotatable bonds is 6. The summed E-state index contributed by atoms with van der Waals surface area (Å²) in [7, 11) is 0. The van der Waals surface area contributed by atoms with Gasteiger partial charge in [-0.3, -0.25) is 9.48 Å². The second kappa shape index (κ2) is 7.61. The molecule has 0 saturated heterocycles. The summed E-state index contributed by atoms with van der Waals surface area (Å²) in [5, 5.41) is 11.1. The SMILES string of the molecule is O=C(NCc1ccc(-n2cncn2)nc1)c1ccc(Cn2cccn2)cc1. The van der Waals surface area contributed by atoms with E-state index < -0.39 is 0 Å². The van der Waals surface area contributed by atoms with Crippen LogP contribution < -0.4 is 5.32 Å². The van der Waals surface area contributed by atoms with Crippen LogP contribution in [0.3, 0.4) is 0 Å². The lowest BCUT2D eigenvalue weighted by Crippen LogP contribution is -2.22. The summed E-state index contributed by atoms with van der Waals surface area (Å²) in [5.41, 5.74) is 2.61. The number of nitrogens with zero attached hydrogens (tertiary/aromatic N) is 6. The van der Waals surface area contributed by atoms with E-state index in [9.17, 15) is 4.79 Å². The molecule has 3 heterocycles. The Morgan fingerprint density at radius 1 is 1.04 bits per heavy atom. The van der Waals surface area contributed by atoms with E-state index in [1.54, 1.807) is 23.4 Å². The van der Waals surface area contributed by atoms with Crippen molar-refractivity contribution in [3.8, 4) is 5.82 Å². The Labute approximate surface area is 155 Å². The minimum Gasteiger partial charge on any atom is -0.348 e. The lowest BCUT2D eigenvalue weighted by Gasteiger charge is -2.07. The molecule has 0 bridgehead atoms. The van der Waals surface area contributed by atoms with E-state index in [4.69, 9.17) is 0 Å². The first-order chi connectivity index (χ1) is 13.3. The minimum absolute atomic E-state index is 0.124. The maximum absolute atomic E-state index is 12.3. The smallest absolute Gasteiger partial charge is 0.251 e. The van der Waals surface area contributed by atoms with Gasteiger partial charge in [0.25, 0.3) is 5.91 Å². The first-order valence-corrected chi connectivity index (χ1v) is 8.42. The molecule has 1 amide bonds. The zero-order valence-electron chi connectivity index (χ0n) is 14.4. The van der Waals surface area contributed by atoms with E-state index in [1.165, 1.54) is 6.33 Å². The van der Waals surface area contributed by atoms with Gasteiger partial charge in [0.05, 0.1) is 6.54 Å². The number of carbonyl (C=O) groups excluding carboxylic acids is 1. The molecule has 0 aliphatic heterocycles. The molecule has 1 aromatic carbocycles. The Balaban J connectivity index is 1.33. The number of nitrogens with one attached hydrogen (secondary N) is 1. The standard InChI is InChI=1S/C19H17N7O/c27-19(17-5-2-15(3-6-17)12-25-9-1-8-23-25)22-11-16-4-7-18(21-10-16)26-14-20-13-24-26/h1-10,13-14H,11-12H2,(H,22,27). The van der Waals surface area contributed by atoms with Crippen LogP contribution in [0, 0.1) is 0 Å². The third-order valence-corrected chi connectivity index (χ3v) is 4.04. The lowest BCUT2D eigenvalue weighted by atomic mass is 10.1. The molecule has 8 heteroatoms. The number of benzene rings is 1. The number of pyridine rings is 1. The summed E-state index contributed by atoms with van der Waals surface area (Å²) in [5.74, 6) is 0.552. The molecule has 0 saturated carbocycles. The Kier molecular flexibility index (Phi) is 4.69. The molecule has 4 aromatic rings. The molecule has 1 N–H and O–H groups in total. The van der Waals surface area contributed by atoms with Crippen molar-refractivity contribution < 1.29 is 4.79 Å². The van der Waals surface area contributed by atoms with Crippen molar-refractivity contribution in [2.75, 3.05) is 0 Å². The van der Waals surface area contributed by atoms with E-state index in [-0.39, 0.29) is 5.91 Å². The number of aromatic nitrogens is 6. The number of carbonyl (C=O) groups is 1. The van der Waals surface area contributed by atoms with Crippen LogP contribution in [0.15, 0.2) is 73.7 Å². The van der Waals surface area contributed by atoms with Crippen LogP contribution in [0.25, 0.3) is 5.82 Å². The van der Waals surface area contributed by atoms with Crippen LogP contribution in [0.5, 0.6) is 0 Å². The van der Waals surface area contributed by atoms with E-state index in [0.717, 1.165) is 11.1 Å². The van der Waals surface area contributed by atoms with Crippen LogP contribution in [-0.2, 0) is 13.1 Å². The Morgan fingerprint density at radius 3 is 2.56 bits per heavy atom. The van der Waals surface area contributed by atoms with Gasteiger partial charge < -0.3 is 5.32 Å². The van der Waals surface area contributed by atoms with E-state index in [1.807, 2.05) is 53.3 Å². The third-order valence-electron chi connectivity index (χ3n) is 4.04. The Morgan fingerprint density at radius 2 is 1.89 bits per heavy atom. The van der Waals surface area contributed by atoms with Crippen LogP contribution in [0.1, 0.15) is 21.5 Å². The second-order valence-electron chi connectivity index (χ2n) is 5.95. The summed E-state index contributed by atoms with van der Waals surface area (Å²) < 4.78 is 3.41. The largest absolute Gasteiger partial charge is 0.348 e. The fourth-order valence-corrected chi connectivity index (χ4v) is 2.61. The van der Waals surface area contributed by atoms with Crippen LogP contribution in [0.2, 0.25) is 0 Å². The molecular weight excluding hydrogens is 342 g/mol. The van der Waals surface area contributed by atoms with E-state index in [2.05, 4.69) is 25.5 Å². The van der Waals surface area contributed by atoms with Crippen LogP contribution >= 0.6 is 0 Å². The molecule has 134 valence electrons. The molecule has 0 unspecified atom stereocenters. The fraction of sp³-hybridized carbons (Fsp3) is 0.105. The third kappa shape index (κ3) is 4.06. The first-order valence-electron chi connectivity index (χ1n) is 8.42. The van der Waals surface area contributed by atoms with Crippen molar-refractivity contribution in [3.05, 3.63) is 90.4 Å². The molecule has 0 radical (unpaired) electrons. The van der Waals surface area contributed by atoms with Gasteiger partial charge in [-0.25, -0.2) is 14.6 Å². The van der Waals surface area contributed by atoms with Crippen molar-refractivity contribution in [2.24, 2.45) is 0 Å². The average molecular weight is 359 g/mol. The summed E-state index contributed by atoms with van der Waals surface area (Å²) >= 11 is 0. The average Bonchev–Trinajstić information content (AvgIpc) is 3.41. The highest BCUT2D eigenvalue weighted by atomic mass is 16.1. The number of hydrogen-bond donors (Lipinski definition) is 1. The summed E-state index contributed by atoms with van der Waals surface area (Å²) in [6.07, 6.45) is 8.40. The molecule has 0 aliphatic carbocycles. The summed E-state index contributed by atoms with van der Waals surface area (Å²) in [4.78, 5) is 20.5. The first kappa shape index (κ1) is 16.6. The van der Waals surface area contributed by atoms with Crippen LogP contribution in [-0.4, -0.2) is 35.4 Å². The second-order valence-corrected chi connectivity index (χ2v) is 5.95. The van der Waals surface area contributed by atoms with Gasteiger partial charge in [0, 0.05) is 30.7 Å². The van der Waals surface area contributed by atoms with E-state index >= 15 is 0 Å². The molecule has 8 nitrogen and oxygen atoms in total. The number of amides is 1. The topological polar surface area (TPSA) is 90.5 Å². The zero-order valence-corrected chi connectivity index (χ0v) is 14.4. The molecular formula is C19H17N7O. The van der Waals surface area contributed by atoms with Gasteiger partial charge in [-0.1, -0.05) is 18.2 Å². The minimum atomic E-state index is -0.124. The van der Waals surface area contributed by atoms with Crippen molar-refractivity contribution in [3.63, 3.8) is 0 Å². The molecule has 27 heavy (non-hydrogen) atoms. The van der Waals surface area contributed by atoms with Gasteiger partial charge in [-0.05, 0) is 35.4 Å². The van der Waals surface area contributed by atoms with Crippen molar-refractivity contribution >= 4 is 5.91 Å². The van der Waals surface area contributed by atoms with Crippen molar-refractivity contribution in [1.29, 1.82) is 0 Å². The van der Waals surface area contributed by atoms with Gasteiger partial charge >= 0.3 is 0 Å². The summed E-state index contributed by atoms with van der Waals surface area (Å²) in [6, 6.07) is 13.1. The van der Waals surface area contributed by atoms with Gasteiger partial charge in [0.15, 0.2) is 5.82 Å². The summed E-state index contributed by atoms with van der Waals surface area (Å²) in [6.45, 7) is 1.08. The lowest BCUT2D eigenvalue weighted by molar-refractivity contribution is 0.0951. The number of hydrogen-bond acceptors (Lipinski definition) is 5. The normalized spacial score (nSPS) is 10.7. The van der Waals surface area contributed by atoms with Gasteiger partial charge in [0.1, 0.15) is 12.7 Å². The highest BCUT2D eigenvalue weighted by Crippen LogP contribution is 2.08. The Bertz CT molecular complexity index is 991. The van der Waals surface area contributed by atoms with Crippen molar-refractivity contribution in [2.45, 2.75) is 13.1 Å². The van der Waals surface area contributed by atoms with Crippen LogP contribution in [0.4, 0.5) is 0 Å². The monoisotopic (exact) mass is 359 g/mol. The highest BCUT2D eigenvalue weighted by molar-refractivity contribution is 5.94. The van der Waals surface area contributed by atoms with Gasteiger partial charge in [0.2, 0.25) is 0 Å². The van der Waals surface area contributed by atoms with Gasteiger partial charge in [-0.15, -0.1) is 0 Å². The fourth-order valence-electron chi connectivity index (χ4n) is 2.61. The maximum atomic E-state index is 12.3. The molecule has 0 fully saturated rings. The highest BCUT2D eigenvalue weighted by Gasteiger charge is 2.06. The van der Waals surface area contributed by atoms with Crippen molar-refractivity contribution in [1.82, 2.24) is 34.8 Å². The predicted octanol–water partition coefficient (Wildman–Crippen LogP) is 1.84. The van der Waals surface area contributed by atoms with E-state index in [0.29, 0.717) is 24.5 Å². The quantitative estimate of drug-likeness (QED) is 0.567. The Hall–Kier alpha value is -3.81.